The fourth-order valence-corrected chi connectivity index (χ4v) is 4.05. The maximum atomic E-state index is 11.7. The van der Waals surface area contributed by atoms with Crippen LogP contribution in [0.3, 0.4) is 0 Å². The number of hydrogen-bond acceptors (Lipinski definition) is 4. The standard InChI is InChI=1S/C22H31N3O3S/c1-6-23-22(24-9-10-28-20-12-16(2)11-17(3)13-20)25-15-19-7-8-21(18(4)14-19)29(5,26)27/h7-8,11-14H,6,9-10,15H2,1-5H3,(H2,23,24,25). The van der Waals surface area contributed by atoms with Crippen molar-refractivity contribution < 1.29 is 13.2 Å². The predicted octanol–water partition coefficient (Wildman–Crippen LogP) is 3.15. The molecule has 0 aliphatic heterocycles. The van der Waals surface area contributed by atoms with Crippen LogP contribution in [0.15, 0.2) is 46.3 Å². The van der Waals surface area contributed by atoms with Crippen LogP contribution in [0.1, 0.15) is 29.2 Å². The summed E-state index contributed by atoms with van der Waals surface area (Å²) in [5, 5.41) is 6.47. The number of hydrogen-bond donors (Lipinski definition) is 2. The number of guanidine groups is 1. The summed E-state index contributed by atoms with van der Waals surface area (Å²) in [5.74, 6) is 1.56. The van der Waals surface area contributed by atoms with Gasteiger partial charge in [0.1, 0.15) is 12.4 Å². The normalized spacial score (nSPS) is 12.0. The zero-order valence-corrected chi connectivity index (χ0v) is 18.7. The Morgan fingerprint density at radius 1 is 1.03 bits per heavy atom. The lowest BCUT2D eigenvalue weighted by molar-refractivity contribution is 0.321. The third-order valence-corrected chi connectivity index (χ3v) is 5.52. The number of ether oxygens (including phenoxy) is 1. The third kappa shape index (κ3) is 7.42. The maximum absolute atomic E-state index is 11.7. The molecule has 0 unspecified atom stereocenters. The second-order valence-corrected chi connectivity index (χ2v) is 9.15. The average molecular weight is 418 g/mol. The van der Waals surface area contributed by atoms with Crippen LogP contribution >= 0.6 is 0 Å². The minimum Gasteiger partial charge on any atom is -0.492 e. The fraction of sp³-hybridized carbons (Fsp3) is 0.409. The molecule has 0 saturated heterocycles. The van der Waals surface area contributed by atoms with Gasteiger partial charge in [0.25, 0.3) is 0 Å². The van der Waals surface area contributed by atoms with E-state index in [0.29, 0.717) is 30.6 Å². The van der Waals surface area contributed by atoms with Crippen LogP contribution in [0.5, 0.6) is 5.75 Å². The SMILES string of the molecule is CCNC(=NCc1ccc(S(C)(=O)=O)c(C)c1)NCCOc1cc(C)cc(C)c1. The molecule has 2 rings (SSSR count). The first-order valence-electron chi connectivity index (χ1n) is 9.72. The van der Waals surface area contributed by atoms with Crippen molar-refractivity contribution in [2.24, 2.45) is 4.99 Å². The van der Waals surface area contributed by atoms with Crippen molar-refractivity contribution >= 4 is 15.8 Å². The Balaban J connectivity index is 1.93. The quantitative estimate of drug-likeness (QED) is 0.392. The van der Waals surface area contributed by atoms with Gasteiger partial charge in [-0.3, -0.25) is 0 Å². The fourth-order valence-electron chi connectivity index (χ4n) is 3.09. The smallest absolute Gasteiger partial charge is 0.191 e. The molecule has 6 nitrogen and oxygen atoms in total. The van der Waals surface area contributed by atoms with Gasteiger partial charge in [0.05, 0.1) is 18.0 Å². The number of aryl methyl sites for hydroxylation is 3. The van der Waals surface area contributed by atoms with Gasteiger partial charge in [-0.15, -0.1) is 0 Å². The summed E-state index contributed by atoms with van der Waals surface area (Å²) in [4.78, 5) is 4.94. The van der Waals surface area contributed by atoms with Crippen molar-refractivity contribution in [3.05, 3.63) is 58.7 Å². The van der Waals surface area contributed by atoms with Gasteiger partial charge in [-0.05, 0) is 68.1 Å². The molecule has 0 bridgehead atoms. The molecule has 0 heterocycles. The molecule has 0 spiro atoms. The first kappa shape index (κ1) is 22.7. The molecule has 0 aromatic heterocycles. The van der Waals surface area contributed by atoms with Crippen molar-refractivity contribution in [3.63, 3.8) is 0 Å². The maximum Gasteiger partial charge on any atom is 0.191 e. The number of nitrogens with one attached hydrogen (secondary N) is 2. The first-order valence-corrected chi connectivity index (χ1v) is 11.6. The third-order valence-electron chi connectivity index (χ3n) is 4.26. The lowest BCUT2D eigenvalue weighted by Gasteiger charge is -2.13. The van der Waals surface area contributed by atoms with Crippen LogP contribution < -0.4 is 15.4 Å². The van der Waals surface area contributed by atoms with E-state index in [9.17, 15) is 8.42 Å². The molecule has 0 aliphatic carbocycles. The Hall–Kier alpha value is -2.54. The predicted molar refractivity (Wildman–Crippen MR) is 119 cm³/mol. The highest BCUT2D eigenvalue weighted by Crippen LogP contribution is 2.17. The summed E-state index contributed by atoms with van der Waals surface area (Å²) in [5.41, 5.74) is 4.05. The van der Waals surface area contributed by atoms with Crippen LogP contribution in [-0.4, -0.2) is 40.3 Å². The van der Waals surface area contributed by atoms with Gasteiger partial charge in [0, 0.05) is 12.8 Å². The average Bonchev–Trinajstić information content (AvgIpc) is 2.61. The van der Waals surface area contributed by atoms with Crippen molar-refractivity contribution in [1.82, 2.24) is 10.6 Å². The molecule has 2 aromatic carbocycles. The molecule has 2 aromatic rings. The van der Waals surface area contributed by atoms with Crippen molar-refractivity contribution in [1.29, 1.82) is 0 Å². The molecule has 158 valence electrons. The van der Waals surface area contributed by atoms with E-state index in [-0.39, 0.29) is 0 Å². The van der Waals surface area contributed by atoms with Gasteiger partial charge in [0.2, 0.25) is 0 Å². The number of aliphatic imine (C=N–C) groups is 1. The number of nitrogens with zero attached hydrogens (tertiary/aromatic N) is 1. The number of benzene rings is 2. The number of sulfone groups is 1. The minimum atomic E-state index is -3.21. The highest BCUT2D eigenvalue weighted by Gasteiger charge is 2.10. The Bertz CT molecular complexity index is 949. The van der Waals surface area contributed by atoms with Gasteiger partial charge in [-0.1, -0.05) is 18.2 Å². The van der Waals surface area contributed by atoms with Gasteiger partial charge >= 0.3 is 0 Å². The lowest BCUT2D eigenvalue weighted by Crippen LogP contribution is -2.39. The first-order chi connectivity index (χ1) is 13.7. The largest absolute Gasteiger partial charge is 0.492 e. The number of rotatable bonds is 8. The van der Waals surface area contributed by atoms with Crippen LogP contribution in [0.2, 0.25) is 0 Å². The summed E-state index contributed by atoms with van der Waals surface area (Å²) in [6.45, 7) is 10.3. The van der Waals surface area contributed by atoms with Crippen LogP contribution in [0.4, 0.5) is 0 Å². The lowest BCUT2D eigenvalue weighted by atomic mass is 10.1. The van der Waals surface area contributed by atoms with Crippen molar-refractivity contribution in [3.8, 4) is 5.75 Å². The summed E-state index contributed by atoms with van der Waals surface area (Å²) < 4.78 is 29.3. The summed E-state index contributed by atoms with van der Waals surface area (Å²) in [7, 11) is -3.21. The molecule has 7 heteroatoms. The van der Waals surface area contributed by atoms with E-state index in [0.717, 1.165) is 23.4 Å². The molecule has 29 heavy (non-hydrogen) atoms. The summed E-state index contributed by atoms with van der Waals surface area (Å²) in [6, 6.07) is 11.5. The van der Waals surface area contributed by atoms with Crippen LogP contribution in [0, 0.1) is 20.8 Å². The summed E-state index contributed by atoms with van der Waals surface area (Å²) in [6.07, 6.45) is 1.22. The second-order valence-electron chi connectivity index (χ2n) is 7.17. The zero-order chi connectivity index (χ0) is 21.4. The van der Waals surface area contributed by atoms with E-state index in [1.165, 1.54) is 17.4 Å². The van der Waals surface area contributed by atoms with Gasteiger partial charge < -0.3 is 15.4 Å². The van der Waals surface area contributed by atoms with Crippen LogP contribution in [0.25, 0.3) is 0 Å². The van der Waals surface area contributed by atoms with E-state index in [1.54, 1.807) is 19.1 Å². The Kier molecular flexibility index (Phi) is 8.08. The molecule has 2 N–H and O–H groups in total. The van der Waals surface area contributed by atoms with Crippen molar-refractivity contribution in [2.75, 3.05) is 26.0 Å². The second kappa shape index (κ2) is 10.3. The van der Waals surface area contributed by atoms with Gasteiger partial charge in [0.15, 0.2) is 15.8 Å². The highest BCUT2D eigenvalue weighted by molar-refractivity contribution is 7.90. The molecule has 0 radical (unpaired) electrons. The molecular weight excluding hydrogens is 386 g/mol. The van der Waals surface area contributed by atoms with E-state index in [2.05, 4.69) is 35.5 Å². The van der Waals surface area contributed by atoms with Gasteiger partial charge in [-0.2, -0.15) is 0 Å². The highest BCUT2D eigenvalue weighted by atomic mass is 32.2. The Morgan fingerprint density at radius 3 is 2.31 bits per heavy atom. The molecule has 0 aliphatic rings. The van der Waals surface area contributed by atoms with Gasteiger partial charge in [-0.25, -0.2) is 13.4 Å². The molecule has 0 amide bonds. The molecule has 0 saturated carbocycles. The van der Waals surface area contributed by atoms with Crippen molar-refractivity contribution in [2.45, 2.75) is 39.1 Å². The molecule has 0 atom stereocenters. The zero-order valence-electron chi connectivity index (χ0n) is 17.9. The van der Waals surface area contributed by atoms with E-state index >= 15 is 0 Å². The van der Waals surface area contributed by atoms with E-state index in [4.69, 9.17) is 4.74 Å². The Labute approximate surface area is 174 Å². The van der Waals surface area contributed by atoms with E-state index < -0.39 is 9.84 Å². The Morgan fingerprint density at radius 2 is 1.72 bits per heavy atom. The minimum absolute atomic E-state index is 0.360. The molecule has 0 fully saturated rings. The monoisotopic (exact) mass is 417 g/mol. The van der Waals surface area contributed by atoms with E-state index in [1.807, 2.05) is 25.1 Å². The molecular formula is C22H31N3O3S. The topological polar surface area (TPSA) is 79.8 Å². The summed E-state index contributed by atoms with van der Waals surface area (Å²) >= 11 is 0. The van der Waals surface area contributed by atoms with Crippen LogP contribution in [-0.2, 0) is 16.4 Å².